The number of nitrogens with one attached hydrogen (secondary N) is 2. The molecule has 198 valence electrons. The van der Waals surface area contributed by atoms with E-state index in [0.717, 1.165) is 81.8 Å². The van der Waals surface area contributed by atoms with Crippen molar-refractivity contribution in [3.63, 3.8) is 0 Å². The molecule has 10 heteroatoms. The fourth-order valence-corrected chi connectivity index (χ4v) is 5.21. The lowest BCUT2D eigenvalue weighted by atomic mass is 9.76. The van der Waals surface area contributed by atoms with Crippen LogP contribution in [0.1, 0.15) is 61.1 Å². The largest absolute Gasteiger partial charge is 0.504 e. The van der Waals surface area contributed by atoms with Gasteiger partial charge in [0.2, 0.25) is 10.0 Å². The maximum Gasteiger partial charge on any atom is 0.229 e. The summed E-state index contributed by atoms with van der Waals surface area (Å²) in [4.78, 5) is 0. The molecule has 1 aliphatic rings. The minimum absolute atomic E-state index is 0. The molecule has 0 bridgehead atoms. The number of benzene rings is 2. The maximum absolute atomic E-state index is 11.2. The number of anilines is 1. The molecule has 0 fully saturated rings. The van der Waals surface area contributed by atoms with Crippen molar-refractivity contribution in [2.45, 2.75) is 63.3 Å². The Morgan fingerprint density at radius 3 is 2.34 bits per heavy atom. The smallest absolute Gasteiger partial charge is 0.229 e. The second-order valence-electron chi connectivity index (χ2n) is 9.08. The zero-order valence-corrected chi connectivity index (χ0v) is 22.7. The fourth-order valence-electron chi connectivity index (χ4n) is 4.64. The number of phenols is 2. The number of hydrogen-bond acceptors (Lipinski definition) is 6. The summed E-state index contributed by atoms with van der Waals surface area (Å²) in [6.07, 6.45) is 9.17. The van der Waals surface area contributed by atoms with Gasteiger partial charge in [0.1, 0.15) is 0 Å². The first-order valence-electron chi connectivity index (χ1n) is 11.8. The summed E-state index contributed by atoms with van der Waals surface area (Å²) in [5, 5.41) is 23.4. The SMILES string of the molecule is CS(=O)(=O)Nc1ccc(CCNCCCCCCC2c3ccc(O)c(O)c3CCC2N)cc1.Cl.Cl. The second kappa shape index (κ2) is 14.8. The van der Waals surface area contributed by atoms with Crippen molar-refractivity contribution in [2.75, 3.05) is 24.1 Å². The van der Waals surface area contributed by atoms with Crippen molar-refractivity contribution in [3.05, 3.63) is 53.1 Å². The zero-order chi connectivity index (χ0) is 23.8. The van der Waals surface area contributed by atoms with E-state index in [9.17, 15) is 18.6 Å². The number of rotatable bonds is 12. The van der Waals surface area contributed by atoms with E-state index in [0.29, 0.717) is 5.69 Å². The van der Waals surface area contributed by atoms with Gasteiger partial charge in [-0.1, -0.05) is 37.5 Å². The highest BCUT2D eigenvalue weighted by atomic mass is 35.5. The third-order valence-corrected chi connectivity index (χ3v) is 7.01. The molecule has 6 N–H and O–H groups in total. The van der Waals surface area contributed by atoms with E-state index < -0.39 is 10.0 Å². The number of sulfonamides is 1. The van der Waals surface area contributed by atoms with E-state index in [4.69, 9.17) is 5.73 Å². The van der Waals surface area contributed by atoms with Crippen molar-refractivity contribution in [2.24, 2.45) is 5.73 Å². The van der Waals surface area contributed by atoms with Crippen LogP contribution < -0.4 is 15.8 Å². The predicted octanol–water partition coefficient (Wildman–Crippen LogP) is 4.45. The minimum Gasteiger partial charge on any atom is -0.504 e. The molecular formula is C25H39Cl2N3O4S. The van der Waals surface area contributed by atoms with Crippen molar-refractivity contribution >= 4 is 40.5 Å². The van der Waals surface area contributed by atoms with Crippen LogP contribution in [-0.4, -0.2) is 44.0 Å². The lowest BCUT2D eigenvalue weighted by molar-refractivity contribution is 0.380. The van der Waals surface area contributed by atoms with Gasteiger partial charge < -0.3 is 21.3 Å². The molecule has 3 rings (SSSR count). The second-order valence-corrected chi connectivity index (χ2v) is 10.8. The Balaban J connectivity index is 0.00000306. The van der Waals surface area contributed by atoms with E-state index in [1.54, 1.807) is 18.2 Å². The lowest BCUT2D eigenvalue weighted by Crippen LogP contribution is -2.33. The van der Waals surface area contributed by atoms with Gasteiger partial charge in [-0.3, -0.25) is 4.72 Å². The number of aromatic hydroxyl groups is 2. The van der Waals surface area contributed by atoms with E-state index in [2.05, 4.69) is 10.0 Å². The van der Waals surface area contributed by atoms with Crippen LogP contribution >= 0.6 is 24.8 Å². The van der Waals surface area contributed by atoms with Gasteiger partial charge in [0.15, 0.2) is 11.5 Å². The normalized spacial score (nSPS) is 17.1. The Morgan fingerprint density at radius 2 is 1.66 bits per heavy atom. The number of fused-ring (bicyclic) bond motifs is 1. The third kappa shape index (κ3) is 9.69. The van der Waals surface area contributed by atoms with Crippen molar-refractivity contribution in [1.82, 2.24) is 5.32 Å². The van der Waals surface area contributed by atoms with E-state index >= 15 is 0 Å². The van der Waals surface area contributed by atoms with Crippen molar-refractivity contribution < 1.29 is 18.6 Å². The molecule has 2 aromatic carbocycles. The molecule has 0 saturated carbocycles. The van der Waals surface area contributed by atoms with Crippen LogP contribution in [0, 0.1) is 0 Å². The highest BCUT2D eigenvalue weighted by molar-refractivity contribution is 7.92. The minimum atomic E-state index is -3.24. The molecule has 0 aliphatic heterocycles. The van der Waals surface area contributed by atoms with Gasteiger partial charge in [-0.25, -0.2) is 8.42 Å². The Labute approximate surface area is 221 Å². The van der Waals surface area contributed by atoms with Crippen LogP contribution in [0.15, 0.2) is 36.4 Å². The van der Waals surface area contributed by atoms with Crippen molar-refractivity contribution in [3.8, 4) is 11.5 Å². The molecule has 0 heterocycles. The molecular weight excluding hydrogens is 509 g/mol. The molecule has 2 atom stereocenters. The van der Waals surface area contributed by atoms with Crippen LogP contribution in [0.2, 0.25) is 0 Å². The molecule has 0 saturated heterocycles. The van der Waals surface area contributed by atoms with Crippen LogP contribution in [-0.2, 0) is 22.9 Å². The average molecular weight is 549 g/mol. The van der Waals surface area contributed by atoms with Crippen molar-refractivity contribution in [1.29, 1.82) is 0 Å². The molecule has 35 heavy (non-hydrogen) atoms. The predicted molar refractivity (Wildman–Crippen MR) is 148 cm³/mol. The number of unbranched alkanes of at least 4 members (excludes halogenated alkanes) is 3. The molecule has 2 aromatic rings. The summed E-state index contributed by atoms with van der Waals surface area (Å²) < 4.78 is 25.0. The Kier molecular flexibility index (Phi) is 13.2. The average Bonchev–Trinajstić information content (AvgIpc) is 2.76. The lowest BCUT2D eigenvalue weighted by Gasteiger charge is -2.32. The van der Waals surface area contributed by atoms with Crippen LogP contribution in [0.5, 0.6) is 11.5 Å². The topological polar surface area (TPSA) is 125 Å². The quantitative estimate of drug-likeness (QED) is 0.197. The summed E-state index contributed by atoms with van der Waals surface area (Å²) in [5.74, 6) is 0.228. The Morgan fingerprint density at radius 1 is 0.971 bits per heavy atom. The first-order chi connectivity index (χ1) is 15.7. The van der Waals surface area contributed by atoms with E-state index in [-0.39, 0.29) is 48.3 Å². The molecule has 2 unspecified atom stereocenters. The van der Waals surface area contributed by atoms with Gasteiger partial charge in [-0.2, -0.15) is 0 Å². The summed E-state index contributed by atoms with van der Waals surface area (Å²) in [5.41, 5.74) is 10.1. The Bertz CT molecular complexity index is 1020. The summed E-state index contributed by atoms with van der Waals surface area (Å²) in [6.45, 7) is 1.87. The number of halogens is 2. The highest BCUT2D eigenvalue weighted by Gasteiger charge is 2.29. The molecule has 0 amide bonds. The number of hydrogen-bond donors (Lipinski definition) is 5. The van der Waals surface area contributed by atoms with Crippen LogP contribution in [0.25, 0.3) is 0 Å². The Hall–Kier alpha value is -1.71. The number of phenolic OH excluding ortho intramolecular Hbond substituents is 2. The van der Waals surface area contributed by atoms with E-state index in [1.807, 2.05) is 18.2 Å². The monoisotopic (exact) mass is 547 g/mol. The maximum atomic E-state index is 11.2. The molecule has 0 spiro atoms. The molecule has 1 aliphatic carbocycles. The van der Waals surface area contributed by atoms with Gasteiger partial charge in [0.25, 0.3) is 0 Å². The van der Waals surface area contributed by atoms with Crippen LogP contribution in [0.4, 0.5) is 5.69 Å². The molecule has 0 radical (unpaired) electrons. The third-order valence-electron chi connectivity index (χ3n) is 6.41. The van der Waals surface area contributed by atoms with E-state index in [1.165, 1.54) is 5.56 Å². The molecule has 0 aromatic heterocycles. The van der Waals surface area contributed by atoms with Gasteiger partial charge in [0, 0.05) is 17.3 Å². The summed E-state index contributed by atoms with van der Waals surface area (Å²) >= 11 is 0. The summed E-state index contributed by atoms with van der Waals surface area (Å²) in [7, 11) is -3.24. The molecule has 7 nitrogen and oxygen atoms in total. The first kappa shape index (κ1) is 31.3. The van der Waals surface area contributed by atoms with Gasteiger partial charge in [-0.05, 0) is 80.4 Å². The fraction of sp³-hybridized carbons (Fsp3) is 0.520. The zero-order valence-electron chi connectivity index (χ0n) is 20.2. The highest BCUT2D eigenvalue weighted by Crippen LogP contribution is 2.42. The van der Waals surface area contributed by atoms with Gasteiger partial charge in [-0.15, -0.1) is 24.8 Å². The van der Waals surface area contributed by atoms with Gasteiger partial charge >= 0.3 is 0 Å². The first-order valence-corrected chi connectivity index (χ1v) is 13.7. The van der Waals surface area contributed by atoms with Crippen LogP contribution in [0.3, 0.4) is 0 Å². The number of nitrogens with two attached hydrogens (primary N) is 1. The van der Waals surface area contributed by atoms with Gasteiger partial charge in [0.05, 0.1) is 6.26 Å². The standard InChI is InChI=1S/C25H37N3O4S.2ClH/c1-33(31,32)28-19-9-7-18(8-10-19)15-17-27-16-5-3-2-4-6-21-20-12-14-24(29)25(30)22(20)11-13-23(21)26;;/h7-10,12,14,21,23,27-30H,2-6,11,13,15-17,26H2,1H3;2*1H. The summed E-state index contributed by atoms with van der Waals surface area (Å²) in [6, 6.07) is 11.1.